The number of aromatic nitrogens is 2. The van der Waals surface area contributed by atoms with E-state index in [2.05, 4.69) is 28.2 Å². The third-order valence-corrected chi connectivity index (χ3v) is 3.60. The van der Waals surface area contributed by atoms with Gasteiger partial charge >= 0.3 is 0 Å². The lowest BCUT2D eigenvalue weighted by Gasteiger charge is -2.21. The third kappa shape index (κ3) is 3.30. The standard InChI is InChI=1S/C13H23N3O/c1-3-13(14-2)12-8-15-16(10-12)9-11-4-6-17-7-5-11/h8,10-11,13-14H,3-7,9H2,1-2H3. The normalized spacial score (nSPS) is 19.4. The predicted molar refractivity (Wildman–Crippen MR) is 67.9 cm³/mol. The number of rotatable bonds is 5. The summed E-state index contributed by atoms with van der Waals surface area (Å²) < 4.78 is 7.46. The van der Waals surface area contributed by atoms with Gasteiger partial charge in [-0.25, -0.2) is 0 Å². The van der Waals surface area contributed by atoms with E-state index in [1.54, 1.807) is 0 Å². The lowest BCUT2D eigenvalue weighted by molar-refractivity contribution is 0.0601. The van der Waals surface area contributed by atoms with E-state index in [-0.39, 0.29) is 0 Å². The van der Waals surface area contributed by atoms with Gasteiger partial charge in [-0.05, 0) is 32.2 Å². The van der Waals surface area contributed by atoms with Crippen molar-refractivity contribution in [3.05, 3.63) is 18.0 Å². The van der Waals surface area contributed by atoms with Gasteiger partial charge in [-0.1, -0.05) is 6.92 Å². The molecule has 0 bridgehead atoms. The maximum absolute atomic E-state index is 5.38. The van der Waals surface area contributed by atoms with Gasteiger partial charge in [0.2, 0.25) is 0 Å². The molecule has 17 heavy (non-hydrogen) atoms. The van der Waals surface area contributed by atoms with Crippen LogP contribution in [0.25, 0.3) is 0 Å². The number of hydrogen-bond donors (Lipinski definition) is 1. The summed E-state index contributed by atoms with van der Waals surface area (Å²) in [7, 11) is 2.00. The van der Waals surface area contributed by atoms with E-state index >= 15 is 0 Å². The fourth-order valence-corrected chi connectivity index (χ4v) is 2.46. The molecular weight excluding hydrogens is 214 g/mol. The molecule has 0 saturated carbocycles. The smallest absolute Gasteiger partial charge is 0.0537 e. The van der Waals surface area contributed by atoms with Crippen molar-refractivity contribution in [2.24, 2.45) is 5.92 Å². The van der Waals surface area contributed by atoms with Gasteiger partial charge in [-0.2, -0.15) is 5.10 Å². The summed E-state index contributed by atoms with van der Waals surface area (Å²) in [6, 6.07) is 0.429. The molecule has 1 fully saturated rings. The Morgan fingerprint density at radius 3 is 2.94 bits per heavy atom. The first-order valence-corrected chi connectivity index (χ1v) is 6.60. The van der Waals surface area contributed by atoms with Gasteiger partial charge in [0.25, 0.3) is 0 Å². The molecule has 4 heteroatoms. The van der Waals surface area contributed by atoms with Gasteiger partial charge in [-0.3, -0.25) is 4.68 Å². The molecule has 4 nitrogen and oxygen atoms in total. The van der Waals surface area contributed by atoms with Crippen LogP contribution in [0.4, 0.5) is 0 Å². The molecule has 1 atom stereocenters. The maximum atomic E-state index is 5.38. The number of hydrogen-bond acceptors (Lipinski definition) is 3. The molecule has 0 radical (unpaired) electrons. The molecule has 0 aliphatic carbocycles. The minimum Gasteiger partial charge on any atom is -0.381 e. The molecule has 1 aliphatic rings. The monoisotopic (exact) mass is 237 g/mol. The van der Waals surface area contributed by atoms with Gasteiger partial charge in [0.15, 0.2) is 0 Å². The van der Waals surface area contributed by atoms with E-state index in [1.165, 1.54) is 18.4 Å². The average molecular weight is 237 g/mol. The quantitative estimate of drug-likeness (QED) is 0.851. The first-order chi connectivity index (χ1) is 8.33. The van der Waals surface area contributed by atoms with Gasteiger partial charge in [0, 0.05) is 37.6 Å². The molecule has 0 aromatic carbocycles. The lowest BCUT2D eigenvalue weighted by atomic mass is 10.0. The van der Waals surface area contributed by atoms with Crippen molar-refractivity contribution < 1.29 is 4.74 Å². The summed E-state index contributed by atoms with van der Waals surface area (Å²) in [5.74, 6) is 0.728. The van der Waals surface area contributed by atoms with Crippen LogP contribution in [-0.4, -0.2) is 30.0 Å². The van der Waals surface area contributed by atoms with Crippen molar-refractivity contribution >= 4 is 0 Å². The Bertz CT molecular complexity index is 327. The molecule has 0 spiro atoms. The Morgan fingerprint density at radius 2 is 2.29 bits per heavy atom. The van der Waals surface area contributed by atoms with E-state index in [1.807, 2.05) is 13.2 Å². The van der Waals surface area contributed by atoms with Crippen molar-refractivity contribution in [1.82, 2.24) is 15.1 Å². The highest BCUT2D eigenvalue weighted by atomic mass is 16.5. The van der Waals surface area contributed by atoms with Crippen LogP contribution < -0.4 is 5.32 Å². The average Bonchev–Trinajstić information content (AvgIpc) is 2.81. The van der Waals surface area contributed by atoms with Crippen LogP contribution in [-0.2, 0) is 11.3 Å². The van der Waals surface area contributed by atoms with Gasteiger partial charge in [0.05, 0.1) is 6.20 Å². The minimum atomic E-state index is 0.429. The van der Waals surface area contributed by atoms with Crippen LogP contribution in [0.5, 0.6) is 0 Å². The Labute approximate surface area is 103 Å². The Kier molecular flexibility index (Phi) is 4.57. The molecule has 1 aliphatic heterocycles. The summed E-state index contributed by atoms with van der Waals surface area (Å²) in [5.41, 5.74) is 1.29. The second-order valence-electron chi connectivity index (χ2n) is 4.80. The largest absolute Gasteiger partial charge is 0.381 e. The van der Waals surface area contributed by atoms with Crippen molar-refractivity contribution in [3.8, 4) is 0 Å². The highest BCUT2D eigenvalue weighted by Gasteiger charge is 2.15. The van der Waals surface area contributed by atoms with Crippen LogP contribution in [0.15, 0.2) is 12.4 Å². The van der Waals surface area contributed by atoms with Gasteiger partial charge in [-0.15, -0.1) is 0 Å². The molecule has 2 rings (SSSR count). The zero-order valence-electron chi connectivity index (χ0n) is 10.9. The van der Waals surface area contributed by atoms with Crippen LogP contribution in [0.1, 0.15) is 37.8 Å². The third-order valence-electron chi connectivity index (χ3n) is 3.60. The second kappa shape index (κ2) is 6.17. The van der Waals surface area contributed by atoms with Crippen LogP contribution in [0.2, 0.25) is 0 Å². The Balaban J connectivity index is 1.93. The summed E-state index contributed by atoms with van der Waals surface area (Å²) in [6.07, 6.45) is 7.60. The molecule has 1 aromatic heterocycles. The molecule has 0 amide bonds. The number of nitrogens with zero attached hydrogens (tertiary/aromatic N) is 2. The molecule has 1 N–H and O–H groups in total. The fourth-order valence-electron chi connectivity index (χ4n) is 2.46. The predicted octanol–water partition coefficient (Wildman–Crippen LogP) is 1.98. The van der Waals surface area contributed by atoms with Crippen molar-refractivity contribution in [3.63, 3.8) is 0 Å². The summed E-state index contributed by atoms with van der Waals surface area (Å²) in [4.78, 5) is 0. The first kappa shape index (κ1) is 12.6. The molecular formula is C13H23N3O. The minimum absolute atomic E-state index is 0.429. The van der Waals surface area contributed by atoms with E-state index < -0.39 is 0 Å². The molecule has 96 valence electrons. The second-order valence-corrected chi connectivity index (χ2v) is 4.80. The Hall–Kier alpha value is -0.870. The van der Waals surface area contributed by atoms with Crippen molar-refractivity contribution in [2.75, 3.05) is 20.3 Å². The van der Waals surface area contributed by atoms with Crippen LogP contribution in [0, 0.1) is 5.92 Å². The van der Waals surface area contributed by atoms with Gasteiger partial charge < -0.3 is 10.1 Å². The first-order valence-electron chi connectivity index (χ1n) is 6.60. The lowest BCUT2D eigenvalue weighted by Crippen LogP contribution is -2.20. The summed E-state index contributed by atoms with van der Waals surface area (Å²) in [6.45, 7) is 5.04. The van der Waals surface area contributed by atoms with E-state index in [9.17, 15) is 0 Å². The SMILES string of the molecule is CCC(NC)c1cnn(CC2CCOCC2)c1. The zero-order chi connectivity index (χ0) is 12.1. The maximum Gasteiger partial charge on any atom is 0.0537 e. The van der Waals surface area contributed by atoms with Crippen LogP contribution in [0.3, 0.4) is 0 Å². The van der Waals surface area contributed by atoms with E-state index in [0.717, 1.165) is 32.1 Å². The zero-order valence-corrected chi connectivity index (χ0v) is 10.9. The van der Waals surface area contributed by atoms with Crippen LogP contribution >= 0.6 is 0 Å². The van der Waals surface area contributed by atoms with Crippen molar-refractivity contribution in [2.45, 2.75) is 38.8 Å². The summed E-state index contributed by atoms with van der Waals surface area (Å²) in [5, 5.41) is 7.77. The molecule has 1 unspecified atom stereocenters. The summed E-state index contributed by atoms with van der Waals surface area (Å²) >= 11 is 0. The number of ether oxygens (including phenoxy) is 1. The van der Waals surface area contributed by atoms with E-state index in [4.69, 9.17) is 4.74 Å². The van der Waals surface area contributed by atoms with Crippen molar-refractivity contribution in [1.29, 1.82) is 0 Å². The highest BCUT2D eigenvalue weighted by Crippen LogP contribution is 2.19. The molecule has 2 heterocycles. The molecule has 1 aromatic rings. The van der Waals surface area contributed by atoms with E-state index in [0.29, 0.717) is 6.04 Å². The topological polar surface area (TPSA) is 39.1 Å². The fraction of sp³-hybridized carbons (Fsp3) is 0.769. The highest BCUT2D eigenvalue weighted by molar-refractivity contribution is 5.09. The van der Waals surface area contributed by atoms with Gasteiger partial charge in [0.1, 0.15) is 0 Å². The Morgan fingerprint density at radius 1 is 1.53 bits per heavy atom. The number of nitrogens with one attached hydrogen (secondary N) is 1. The molecule has 1 saturated heterocycles.